The van der Waals surface area contributed by atoms with Crippen molar-refractivity contribution in [1.82, 2.24) is 20.4 Å². The second-order valence-corrected chi connectivity index (χ2v) is 7.50. The summed E-state index contributed by atoms with van der Waals surface area (Å²) in [4.78, 5) is 12.5. The van der Waals surface area contributed by atoms with Gasteiger partial charge in [-0.2, -0.15) is 5.10 Å². The van der Waals surface area contributed by atoms with Crippen LogP contribution in [0, 0.1) is 0 Å². The molecule has 1 atom stereocenters. The Balaban J connectivity index is 1.36. The zero-order chi connectivity index (χ0) is 18.5. The van der Waals surface area contributed by atoms with Gasteiger partial charge in [0.2, 0.25) is 0 Å². The molecule has 1 aliphatic carbocycles. The Morgan fingerprint density at radius 2 is 2.04 bits per heavy atom. The first-order valence-electron chi connectivity index (χ1n) is 10.1. The van der Waals surface area contributed by atoms with E-state index in [4.69, 9.17) is 4.74 Å². The summed E-state index contributed by atoms with van der Waals surface area (Å²) < 4.78 is 8.06. The number of carbonyl (C=O) groups excluding carboxylic acids is 1. The molecule has 1 aromatic heterocycles. The van der Waals surface area contributed by atoms with Crippen molar-refractivity contribution in [3.63, 3.8) is 0 Å². The quantitative estimate of drug-likeness (QED) is 0.822. The molecule has 0 radical (unpaired) electrons. The summed E-state index contributed by atoms with van der Waals surface area (Å²) in [7, 11) is 0. The third-order valence-corrected chi connectivity index (χ3v) is 5.49. The second kappa shape index (κ2) is 8.57. The predicted octanol–water partition coefficient (Wildman–Crippen LogP) is 3.06. The first-order valence-corrected chi connectivity index (χ1v) is 10.1. The summed E-state index contributed by atoms with van der Waals surface area (Å²) >= 11 is 0. The zero-order valence-electron chi connectivity index (χ0n) is 15.7. The van der Waals surface area contributed by atoms with Crippen molar-refractivity contribution < 1.29 is 9.53 Å². The van der Waals surface area contributed by atoms with Gasteiger partial charge in [-0.1, -0.05) is 18.2 Å². The molecule has 6 nitrogen and oxygen atoms in total. The highest BCUT2D eigenvalue weighted by atomic mass is 16.5. The smallest absolute Gasteiger partial charge is 0.272 e. The molecule has 2 aliphatic rings. The number of hydrogen-bond donors (Lipinski definition) is 2. The van der Waals surface area contributed by atoms with E-state index in [0.29, 0.717) is 24.4 Å². The number of hydrogen-bond acceptors (Lipinski definition) is 4. The maximum absolute atomic E-state index is 12.5. The molecular formula is C21H28N4O2. The predicted molar refractivity (Wildman–Crippen MR) is 104 cm³/mol. The number of aromatic nitrogens is 2. The highest BCUT2D eigenvalue weighted by Crippen LogP contribution is 2.26. The molecule has 1 saturated heterocycles. The molecule has 144 valence electrons. The van der Waals surface area contributed by atoms with Gasteiger partial charge in [-0.25, -0.2) is 0 Å². The van der Waals surface area contributed by atoms with Crippen molar-refractivity contribution in [2.24, 2.45) is 0 Å². The van der Waals surface area contributed by atoms with E-state index in [0.717, 1.165) is 50.1 Å². The Bertz CT molecular complexity index is 761. The van der Waals surface area contributed by atoms with Crippen LogP contribution in [-0.2, 0) is 6.54 Å². The number of para-hydroxylation sites is 1. The molecule has 1 unspecified atom stereocenters. The lowest BCUT2D eigenvalue weighted by Crippen LogP contribution is -2.32. The molecule has 6 heteroatoms. The number of nitrogens with zero attached hydrogens (tertiary/aromatic N) is 2. The highest BCUT2D eigenvalue weighted by Gasteiger charge is 2.19. The molecule has 2 aromatic rings. The Labute approximate surface area is 160 Å². The SMILES string of the molecule is O=C(NCc1ccccc1OC1CCCC1)c1ccn(C2CCCNC2)n1. The van der Waals surface area contributed by atoms with Crippen LogP contribution >= 0.6 is 0 Å². The Kier molecular flexibility index (Phi) is 5.72. The van der Waals surface area contributed by atoms with Crippen molar-refractivity contribution in [3.8, 4) is 5.75 Å². The van der Waals surface area contributed by atoms with Crippen LogP contribution in [0.4, 0.5) is 0 Å². The lowest BCUT2D eigenvalue weighted by atomic mass is 10.1. The summed E-state index contributed by atoms with van der Waals surface area (Å²) in [5.74, 6) is 0.733. The molecule has 2 fully saturated rings. The molecule has 2 heterocycles. The van der Waals surface area contributed by atoms with Gasteiger partial charge in [0.1, 0.15) is 11.4 Å². The summed E-state index contributed by atoms with van der Waals surface area (Å²) in [6.45, 7) is 2.42. The number of nitrogens with one attached hydrogen (secondary N) is 2. The van der Waals surface area contributed by atoms with E-state index >= 15 is 0 Å². The monoisotopic (exact) mass is 368 g/mol. The van der Waals surface area contributed by atoms with E-state index in [-0.39, 0.29) is 5.91 Å². The number of piperidine rings is 1. The third kappa shape index (κ3) is 4.50. The van der Waals surface area contributed by atoms with Crippen molar-refractivity contribution in [2.75, 3.05) is 13.1 Å². The molecule has 27 heavy (non-hydrogen) atoms. The normalized spacial score (nSPS) is 20.5. The highest BCUT2D eigenvalue weighted by molar-refractivity contribution is 5.92. The largest absolute Gasteiger partial charge is 0.490 e. The van der Waals surface area contributed by atoms with Crippen LogP contribution in [0.5, 0.6) is 5.75 Å². The molecule has 1 saturated carbocycles. The van der Waals surface area contributed by atoms with Gasteiger partial charge < -0.3 is 15.4 Å². The summed E-state index contributed by atoms with van der Waals surface area (Å²) in [5, 5.41) is 10.9. The van der Waals surface area contributed by atoms with Gasteiger partial charge in [-0.05, 0) is 57.2 Å². The molecular weight excluding hydrogens is 340 g/mol. The van der Waals surface area contributed by atoms with Crippen LogP contribution in [0.3, 0.4) is 0 Å². The minimum absolute atomic E-state index is 0.145. The summed E-state index contributed by atoms with van der Waals surface area (Å²) in [6, 6.07) is 10.1. The Morgan fingerprint density at radius 3 is 2.85 bits per heavy atom. The molecule has 0 spiro atoms. The summed E-state index contributed by atoms with van der Waals surface area (Å²) in [6.07, 6.45) is 9.17. The second-order valence-electron chi connectivity index (χ2n) is 7.50. The minimum Gasteiger partial charge on any atom is -0.490 e. The van der Waals surface area contributed by atoms with Gasteiger partial charge in [-0.3, -0.25) is 9.48 Å². The van der Waals surface area contributed by atoms with Crippen LogP contribution in [0.1, 0.15) is 60.6 Å². The minimum atomic E-state index is -0.145. The fourth-order valence-electron chi connectivity index (χ4n) is 3.94. The molecule has 2 N–H and O–H groups in total. The third-order valence-electron chi connectivity index (χ3n) is 5.49. The van der Waals surface area contributed by atoms with Gasteiger partial charge in [0.05, 0.1) is 12.1 Å². The van der Waals surface area contributed by atoms with Crippen LogP contribution in [0.2, 0.25) is 0 Å². The maximum Gasteiger partial charge on any atom is 0.272 e. The average Bonchev–Trinajstić information content (AvgIpc) is 3.40. The number of ether oxygens (including phenoxy) is 1. The van der Waals surface area contributed by atoms with Gasteiger partial charge in [0, 0.05) is 24.8 Å². The van der Waals surface area contributed by atoms with Crippen molar-refractivity contribution in [1.29, 1.82) is 0 Å². The fraction of sp³-hybridized carbons (Fsp3) is 0.524. The van der Waals surface area contributed by atoms with Crippen LogP contribution < -0.4 is 15.4 Å². The van der Waals surface area contributed by atoms with E-state index in [2.05, 4.69) is 15.7 Å². The maximum atomic E-state index is 12.5. The standard InChI is InChI=1S/C21H28N4O2/c26-21(19-11-13-25(24-19)17-7-5-12-22-15-17)23-14-16-6-1-4-10-20(16)27-18-8-2-3-9-18/h1,4,6,10-11,13,17-18,22H,2-3,5,7-9,12,14-15H2,(H,23,26). The lowest BCUT2D eigenvalue weighted by Gasteiger charge is -2.22. The van der Waals surface area contributed by atoms with Crippen LogP contribution in [0.25, 0.3) is 0 Å². The molecule has 0 bridgehead atoms. The first-order chi connectivity index (χ1) is 13.3. The van der Waals surface area contributed by atoms with E-state index in [1.54, 1.807) is 6.07 Å². The van der Waals surface area contributed by atoms with Gasteiger partial charge in [-0.15, -0.1) is 0 Å². The average molecular weight is 368 g/mol. The number of amides is 1. The van der Waals surface area contributed by atoms with E-state index < -0.39 is 0 Å². The number of carbonyl (C=O) groups is 1. The summed E-state index contributed by atoms with van der Waals surface area (Å²) in [5.41, 5.74) is 1.48. The van der Waals surface area contributed by atoms with E-state index in [1.165, 1.54) is 12.8 Å². The Morgan fingerprint density at radius 1 is 1.19 bits per heavy atom. The van der Waals surface area contributed by atoms with Gasteiger partial charge in [0.25, 0.3) is 5.91 Å². The first kappa shape index (κ1) is 18.0. The molecule has 1 aliphatic heterocycles. The topological polar surface area (TPSA) is 68.2 Å². The van der Waals surface area contributed by atoms with E-state index in [1.807, 2.05) is 35.1 Å². The van der Waals surface area contributed by atoms with E-state index in [9.17, 15) is 4.79 Å². The van der Waals surface area contributed by atoms with Gasteiger partial charge >= 0.3 is 0 Å². The fourth-order valence-corrected chi connectivity index (χ4v) is 3.94. The van der Waals surface area contributed by atoms with Crippen molar-refractivity contribution >= 4 is 5.91 Å². The van der Waals surface area contributed by atoms with Crippen LogP contribution in [0.15, 0.2) is 36.5 Å². The number of benzene rings is 1. The van der Waals surface area contributed by atoms with Gasteiger partial charge in [0.15, 0.2) is 0 Å². The zero-order valence-corrected chi connectivity index (χ0v) is 15.7. The Hall–Kier alpha value is -2.34. The van der Waals surface area contributed by atoms with Crippen LogP contribution in [-0.4, -0.2) is 34.9 Å². The molecule has 4 rings (SSSR count). The number of rotatable bonds is 6. The van der Waals surface area contributed by atoms with Crippen molar-refractivity contribution in [3.05, 3.63) is 47.8 Å². The lowest BCUT2D eigenvalue weighted by molar-refractivity contribution is 0.0944. The molecule has 1 amide bonds. The van der Waals surface area contributed by atoms with Crippen molar-refractivity contribution in [2.45, 2.75) is 57.2 Å². The molecule has 1 aromatic carbocycles.